The van der Waals surface area contributed by atoms with E-state index in [1.54, 1.807) is 7.05 Å². The first-order valence-corrected chi connectivity index (χ1v) is 7.54. The molecule has 1 saturated heterocycles. The maximum Gasteiger partial charge on any atom is 0.257 e. The normalized spacial score (nSPS) is 16.9. The van der Waals surface area contributed by atoms with Crippen molar-refractivity contribution in [2.75, 3.05) is 30.8 Å². The molecular formula is C13H22N4OS. The van der Waals surface area contributed by atoms with E-state index < -0.39 is 0 Å². The van der Waals surface area contributed by atoms with Crippen molar-refractivity contribution >= 4 is 28.3 Å². The number of piperidine rings is 1. The summed E-state index contributed by atoms with van der Waals surface area (Å²) in [5, 5.41) is 3.55. The van der Waals surface area contributed by atoms with Crippen molar-refractivity contribution in [1.29, 1.82) is 0 Å². The number of hydrogen-bond donors (Lipinski definition) is 2. The van der Waals surface area contributed by atoms with Crippen molar-refractivity contribution in [3.05, 3.63) is 5.56 Å². The van der Waals surface area contributed by atoms with Crippen molar-refractivity contribution < 1.29 is 4.79 Å². The molecule has 0 unspecified atom stereocenters. The maximum atomic E-state index is 11.9. The molecule has 5 nitrogen and oxygen atoms in total. The second-order valence-electron chi connectivity index (χ2n) is 5.40. The van der Waals surface area contributed by atoms with Crippen LogP contribution in [0.15, 0.2) is 0 Å². The van der Waals surface area contributed by atoms with Gasteiger partial charge in [0.2, 0.25) is 0 Å². The van der Waals surface area contributed by atoms with Crippen molar-refractivity contribution in [3.63, 3.8) is 0 Å². The monoisotopic (exact) mass is 282 g/mol. The Labute approximate surface area is 118 Å². The van der Waals surface area contributed by atoms with Gasteiger partial charge < -0.3 is 16.0 Å². The molecule has 0 atom stereocenters. The standard InChI is InChI=1S/C13H22N4OS/c1-8(2)9-4-6-17(7-5-9)13-10(12(18)15-3)11(14)16-19-13/h8-9H,4-7H2,1-3H3,(H2,14,16)(H,15,18). The summed E-state index contributed by atoms with van der Waals surface area (Å²) in [7, 11) is 1.62. The van der Waals surface area contributed by atoms with Gasteiger partial charge in [-0.25, -0.2) is 0 Å². The Hall–Kier alpha value is -1.30. The van der Waals surface area contributed by atoms with Gasteiger partial charge in [-0.1, -0.05) is 13.8 Å². The third-order valence-corrected chi connectivity index (χ3v) is 4.85. The summed E-state index contributed by atoms with van der Waals surface area (Å²) in [6.45, 7) is 6.52. The van der Waals surface area contributed by atoms with Gasteiger partial charge in [0.25, 0.3) is 5.91 Å². The van der Waals surface area contributed by atoms with Gasteiger partial charge >= 0.3 is 0 Å². The Morgan fingerprint density at radius 2 is 2.11 bits per heavy atom. The van der Waals surface area contributed by atoms with E-state index in [-0.39, 0.29) is 5.91 Å². The van der Waals surface area contributed by atoms with Gasteiger partial charge in [0.15, 0.2) is 5.82 Å². The summed E-state index contributed by atoms with van der Waals surface area (Å²) in [5.41, 5.74) is 6.35. The van der Waals surface area contributed by atoms with Crippen LogP contribution in [0.25, 0.3) is 0 Å². The fraction of sp³-hybridized carbons (Fsp3) is 0.692. The highest BCUT2D eigenvalue weighted by molar-refractivity contribution is 7.11. The molecule has 1 amide bonds. The van der Waals surface area contributed by atoms with Crippen LogP contribution in [0, 0.1) is 11.8 Å². The highest BCUT2D eigenvalue weighted by Gasteiger charge is 2.27. The second-order valence-corrected chi connectivity index (χ2v) is 6.15. The molecule has 3 N–H and O–H groups in total. The number of anilines is 2. The van der Waals surface area contributed by atoms with Gasteiger partial charge in [-0.05, 0) is 36.2 Å². The fourth-order valence-corrected chi connectivity index (χ4v) is 3.48. The number of nitrogens with one attached hydrogen (secondary N) is 1. The number of nitrogens with two attached hydrogens (primary N) is 1. The Morgan fingerprint density at radius 1 is 1.47 bits per heavy atom. The highest BCUT2D eigenvalue weighted by atomic mass is 32.1. The first-order chi connectivity index (χ1) is 9.04. The largest absolute Gasteiger partial charge is 0.382 e. The van der Waals surface area contributed by atoms with Crippen LogP contribution in [0.3, 0.4) is 0 Å². The molecule has 0 saturated carbocycles. The first kappa shape index (κ1) is 14.1. The van der Waals surface area contributed by atoms with Crippen LogP contribution >= 0.6 is 11.5 Å². The Kier molecular flexibility index (Phi) is 4.29. The predicted molar refractivity (Wildman–Crippen MR) is 79.7 cm³/mol. The van der Waals surface area contributed by atoms with Gasteiger partial charge in [-0.15, -0.1) is 0 Å². The van der Waals surface area contributed by atoms with Gasteiger partial charge in [-0.3, -0.25) is 4.79 Å². The topological polar surface area (TPSA) is 71.2 Å². The lowest BCUT2D eigenvalue weighted by molar-refractivity contribution is 0.0964. The second kappa shape index (κ2) is 5.77. The number of amides is 1. The van der Waals surface area contributed by atoms with E-state index in [1.165, 1.54) is 24.4 Å². The molecule has 0 aromatic carbocycles. The smallest absolute Gasteiger partial charge is 0.257 e. The number of nitrogens with zero attached hydrogens (tertiary/aromatic N) is 2. The van der Waals surface area contributed by atoms with Gasteiger partial charge in [0, 0.05) is 20.1 Å². The summed E-state index contributed by atoms with van der Waals surface area (Å²) in [5.74, 6) is 1.70. The number of carbonyl (C=O) groups is 1. The number of nitrogen functional groups attached to an aromatic ring is 1. The molecule has 1 aromatic rings. The maximum absolute atomic E-state index is 11.9. The molecule has 2 heterocycles. The van der Waals surface area contributed by atoms with E-state index >= 15 is 0 Å². The van der Waals surface area contributed by atoms with Crippen LogP contribution in [0.4, 0.5) is 10.8 Å². The van der Waals surface area contributed by atoms with E-state index in [1.807, 2.05) is 0 Å². The summed E-state index contributed by atoms with van der Waals surface area (Å²) < 4.78 is 4.13. The van der Waals surface area contributed by atoms with E-state index in [0.29, 0.717) is 11.4 Å². The molecule has 19 heavy (non-hydrogen) atoms. The third-order valence-electron chi connectivity index (χ3n) is 3.92. The van der Waals surface area contributed by atoms with E-state index in [0.717, 1.165) is 29.9 Å². The average Bonchev–Trinajstić information content (AvgIpc) is 2.80. The molecule has 0 bridgehead atoms. The van der Waals surface area contributed by atoms with E-state index in [4.69, 9.17) is 5.73 Å². The van der Waals surface area contributed by atoms with E-state index in [9.17, 15) is 4.79 Å². The molecule has 0 aliphatic carbocycles. The van der Waals surface area contributed by atoms with E-state index in [2.05, 4.69) is 28.4 Å². The molecule has 106 valence electrons. The Bertz CT molecular complexity index is 449. The number of hydrogen-bond acceptors (Lipinski definition) is 5. The minimum absolute atomic E-state index is 0.146. The lowest BCUT2D eigenvalue weighted by Crippen LogP contribution is -2.36. The minimum atomic E-state index is -0.146. The Balaban J connectivity index is 2.14. The summed E-state index contributed by atoms with van der Waals surface area (Å²) in [6.07, 6.45) is 2.34. The van der Waals surface area contributed by atoms with Crippen molar-refractivity contribution in [3.8, 4) is 0 Å². The zero-order chi connectivity index (χ0) is 14.0. The lowest BCUT2D eigenvalue weighted by Gasteiger charge is -2.34. The molecule has 1 aromatic heterocycles. The lowest BCUT2D eigenvalue weighted by atomic mass is 9.87. The van der Waals surface area contributed by atoms with Crippen LogP contribution in [0.1, 0.15) is 37.0 Å². The summed E-state index contributed by atoms with van der Waals surface area (Å²) in [4.78, 5) is 14.1. The predicted octanol–water partition coefficient (Wildman–Crippen LogP) is 1.96. The van der Waals surface area contributed by atoms with Crippen LogP contribution < -0.4 is 16.0 Å². The minimum Gasteiger partial charge on any atom is -0.382 e. The molecule has 2 rings (SSSR count). The van der Waals surface area contributed by atoms with Crippen LogP contribution in [-0.2, 0) is 0 Å². The number of rotatable bonds is 3. The molecule has 0 radical (unpaired) electrons. The van der Waals surface area contributed by atoms with Gasteiger partial charge in [0.05, 0.1) is 0 Å². The van der Waals surface area contributed by atoms with Gasteiger partial charge in [-0.2, -0.15) is 4.37 Å². The molecule has 1 aliphatic heterocycles. The highest BCUT2D eigenvalue weighted by Crippen LogP contribution is 2.34. The molecule has 6 heteroatoms. The SMILES string of the molecule is CNC(=O)c1c(N)nsc1N1CCC(C(C)C)CC1. The quantitative estimate of drug-likeness (QED) is 0.889. The molecule has 1 fully saturated rings. The zero-order valence-electron chi connectivity index (χ0n) is 11.8. The van der Waals surface area contributed by atoms with Crippen LogP contribution in [0.5, 0.6) is 0 Å². The summed E-state index contributed by atoms with van der Waals surface area (Å²) in [6, 6.07) is 0. The first-order valence-electron chi connectivity index (χ1n) is 6.76. The van der Waals surface area contributed by atoms with Crippen molar-refractivity contribution in [2.45, 2.75) is 26.7 Å². The number of aromatic nitrogens is 1. The fourth-order valence-electron chi connectivity index (χ4n) is 2.62. The van der Waals surface area contributed by atoms with Gasteiger partial charge in [0.1, 0.15) is 10.6 Å². The van der Waals surface area contributed by atoms with Crippen molar-refractivity contribution in [2.24, 2.45) is 11.8 Å². The van der Waals surface area contributed by atoms with Crippen LogP contribution in [0.2, 0.25) is 0 Å². The van der Waals surface area contributed by atoms with Crippen molar-refractivity contribution in [1.82, 2.24) is 9.69 Å². The summed E-state index contributed by atoms with van der Waals surface area (Å²) >= 11 is 1.33. The number of carbonyl (C=O) groups excluding carboxylic acids is 1. The molecule has 0 spiro atoms. The molecular weight excluding hydrogens is 260 g/mol. The average molecular weight is 282 g/mol. The van der Waals surface area contributed by atoms with Crippen LogP contribution in [-0.4, -0.2) is 30.4 Å². The molecule has 1 aliphatic rings. The Morgan fingerprint density at radius 3 is 2.63 bits per heavy atom. The zero-order valence-corrected chi connectivity index (χ0v) is 12.6. The third kappa shape index (κ3) is 2.83.